The van der Waals surface area contributed by atoms with Crippen LogP contribution in [0.25, 0.3) is 10.9 Å². The second-order valence-electron chi connectivity index (χ2n) is 4.35. The van der Waals surface area contributed by atoms with Gasteiger partial charge in [-0.1, -0.05) is 0 Å². The van der Waals surface area contributed by atoms with Crippen LogP contribution < -0.4 is 11.1 Å². The van der Waals surface area contributed by atoms with Crippen LogP contribution >= 0.6 is 15.9 Å². The second kappa shape index (κ2) is 5.09. The van der Waals surface area contributed by atoms with Crippen LogP contribution in [0, 0.1) is 5.82 Å². The number of fused-ring (bicyclic) bond motifs is 1. The molecule has 2 aromatic carbocycles. The lowest BCUT2D eigenvalue weighted by Crippen LogP contribution is -1.98. The molecule has 5 heteroatoms. The topological polar surface area (TPSA) is 50.9 Å². The summed E-state index contributed by atoms with van der Waals surface area (Å²) in [6.45, 7) is 0. The van der Waals surface area contributed by atoms with E-state index in [0.29, 0.717) is 10.2 Å². The number of hydrogen-bond acceptors (Lipinski definition) is 3. The molecular formula is C15H11BrFN3. The fraction of sp³-hybridized carbons (Fsp3) is 0. The van der Waals surface area contributed by atoms with Crippen LogP contribution in [0.15, 0.2) is 53.1 Å². The molecule has 0 saturated heterocycles. The molecule has 0 fully saturated rings. The van der Waals surface area contributed by atoms with E-state index in [2.05, 4.69) is 26.2 Å². The Bertz CT molecular complexity index is 789. The predicted molar refractivity (Wildman–Crippen MR) is 83.5 cm³/mol. The lowest BCUT2D eigenvalue weighted by molar-refractivity contribution is 0.627. The van der Waals surface area contributed by atoms with Gasteiger partial charge >= 0.3 is 0 Å². The lowest BCUT2D eigenvalue weighted by Gasteiger charge is -2.12. The van der Waals surface area contributed by atoms with E-state index < -0.39 is 0 Å². The first kappa shape index (κ1) is 12.9. The Morgan fingerprint density at radius 2 is 1.90 bits per heavy atom. The van der Waals surface area contributed by atoms with Crippen molar-refractivity contribution >= 4 is 43.9 Å². The Balaban J connectivity index is 2.04. The van der Waals surface area contributed by atoms with E-state index in [0.717, 1.165) is 22.3 Å². The number of rotatable bonds is 2. The van der Waals surface area contributed by atoms with Crippen molar-refractivity contribution < 1.29 is 4.39 Å². The molecular weight excluding hydrogens is 321 g/mol. The highest BCUT2D eigenvalue weighted by Crippen LogP contribution is 2.32. The molecule has 20 heavy (non-hydrogen) atoms. The van der Waals surface area contributed by atoms with Gasteiger partial charge in [0.25, 0.3) is 0 Å². The highest BCUT2D eigenvalue weighted by atomic mass is 79.9. The average Bonchev–Trinajstić information content (AvgIpc) is 2.45. The Hall–Kier alpha value is -2.14. The summed E-state index contributed by atoms with van der Waals surface area (Å²) in [5.74, 6) is -0.293. The number of nitrogens with one attached hydrogen (secondary N) is 1. The van der Waals surface area contributed by atoms with Gasteiger partial charge in [0.05, 0.1) is 22.6 Å². The number of nitrogen functional groups attached to an aromatic ring is 1. The standard InChI is InChI=1S/C15H11BrFN3/c16-11-8-9(17)3-4-13(11)20-14-6-5-12-10(15(14)18)2-1-7-19-12/h1-8,20H,18H2. The number of nitrogens with zero attached hydrogens (tertiary/aromatic N) is 1. The van der Waals surface area contributed by atoms with E-state index >= 15 is 0 Å². The average molecular weight is 332 g/mol. The number of anilines is 3. The fourth-order valence-electron chi connectivity index (χ4n) is 2.02. The Morgan fingerprint density at radius 1 is 1.10 bits per heavy atom. The number of nitrogens with two attached hydrogens (primary N) is 1. The molecule has 0 aliphatic rings. The van der Waals surface area contributed by atoms with Gasteiger partial charge in [-0.05, 0) is 58.4 Å². The molecule has 100 valence electrons. The first-order valence-electron chi connectivity index (χ1n) is 6.00. The second-order valence-corrected chi connectivity index (χ2v) is 5.20. The molecule has 1 aromatic heterocycles. The molecule has 0 amide bonds. The molecule has 0 aliphatic carbocycles. The van der Waals surface area contributed by atoms with Crippen LogP contribution in [0.3, 0.4) is 0 Å². The maximum absolute atomic E-state index is 13.1. The first-order valence-corrected chi connectivity index (χ1v) is 6.80. The van der Waals surface area contributed by atoms with Gasteiger partial charge < -0.3 is 11.1 Å². The van der Waals surface area contributed by atoms with Crippen LogP contribution in [-0.2, 0) is 0 Å². The Kier molecular flexibility index (Phi) is 3.28. The van der Waals surface area contributed by atoms with E-state index in [1.165, 1.54) is 12.1 Å². The zero-order chi connectivity index (χ0) is 14.1. The maximum atomic E-state index is 13.1. The normalized spacial score (nSPS) is 10.7. The third-order valence-corrected chi connectivity index (χ3v) is 3.68. The van der Waals surface area contributed by atoms with Crippen molar-refractivity contribution in [1.29, 1.82) is 0 Å². The van der Waals surface area contributed by atoms with Crippen LogP contribution in [0.2, 0.25) is 0 Å². The van der Waals surface area contributed by atoms with E-state index in [1.54, 1.807) is 12.3 Å². The molecule has 0 radical (unpaired) electrons. The zero-order valence-electron chi connectivity index (χ0n) is 10.4. The van der Waals surface area contributed by atoms with Crippen molar-refractivity contribution in [1.82, 2.24) is 4.98 Å². The molecule has 0 spiro atoms. The quantitative estimate of drug-likeness (QED) is 0.681. The van der Waals surface area contributed by atoms with Gasteiger partial charge in [0.2, 0.25) is 0 Å². The van der Waals surface area contributed by atoms with Crippen molar-refractivity contribution in [3.8, 4) is 0 Å². The van der Waals surface area contributed by atoms with Crippen LogP contribution in [0.4, 0.5) is 21.5 Å². The molecule has 0 aliphatic heterocycles. The Morgan fingerprint density at radius 3 is 2.70 bits per heavy atom. The van der Waals surface area contributed by atoms with Crippen LogP contribution in [0.5, 0.6) is 0 Å². The van der Waals surface area contributed by atoms with Gasteiger partial charge in [-0.15, -0.1) is 0 Å². The van der Waals surface area contributed by atoms with Crippen molar-refractivity contribution in [3.63, 3.8) is 0 Å². The molecule has 1 heterocycles. The van der Waals surface area contributed by atoms with Gasteiger partial charge in [0, 0.05) is 16.1 Å². The minimum absolute atomic E-state index is 0.293. The van der Waals surface area contributed by atoms with Crippen LogP contribution in [-0.4, -0.2) is 4.98 Å². The fourth-order valence-corrected chi connectivity index (χ4v) is 2.47. The predicted octanol–water partition coefficient (Wildman–Crippen LogP) is 4.46. The highest BCUT2D eigenvalue weighted by molar-refractivity contribution is 9.10. The van der Waals surface area contributed by atoms with Crippen LogP contribution in [0.1, 0.15) is 0 Å². The summed E-state index contributed by atoms with van der Waals surface area (Å²) in [4.78, 5) is 4.25. The highest BCUT2D eigenvalue weighted by Gasteiger charge is 2.07. The van der Waals surface area contributed by atoms with Crippen molar-refractivity contribution in [2.75, 3.05) is 11.1 Å². The minimum Gasteiger partial charge on any atom is -0.396 e. The third-order valence-electron chi connectivity index (χ3n) is 3.03. The maximum Gasteiger partial charge on any atom is 0.124 e. The summed E-state index contributed by atoms with van der Waals surface area (Å²) in [6, 6.07) is 12.0. The number of halogens is 2. The SMILES string of the molecule is Nc1c(Nc2ccc(F)cc2Br)ccc2ncccc12. The monoisotopic (exact) mass is 331 g/mol. The molecule has 3 N–H and O–H groups in total. The van der Waals surface area contributed by atoms with Crippen molar-refractivity contribution in [2.45, 2.75) is 0 Å². The van der Waals surface area contributed by atoms with Gasteiger partial charge in [-0.25, -0.2) is 4.39 Å². The van der Waals surface area contributed by atoms with Gasteiger partial charge in [-0.3, -0.25) is 4.98 Å². The molecule has 0 atom stereocenters. The third kappa shape index (κ3) is 2.32. The van der Waals surface area contributed by atoms with Gasteiger partial charge in [0.15, 0.2) is 0 Å². The van der Waals surface area contributed by atoms with Gasteiger partial charge in [0.1, 0.15) is 5.82 Å². The van der Waals surface area contributed by atoms with E-state index in [9.17, 15) is 4.39 Å². The summed E-state index contributed by atoms with van der Waals surface area (Å²) in [7, 11) is 0. The summed E-state index contributed by atoms with van der Waals surface area (Å²) >= 11 is 3.32. The van der Waals surface area contributed by atoms with E-state index in [1.807, 2.05) is 24.3 Å². The van der Waals surface area contributed by atoms with Crippen molar-refractivity contribution in [2.24, 2.45) is 0 Å². The minimum atomic E-state index is -0.293. The molecule has 0 unspecified atom stereocenters. The largest absolute Gasteiger partial charge is 0.396 e. The number of pyridine rings is 1. The summed E-state index contributed by atoms with van der Waals surface area (Å²) < 4.78 is 13.7. The first-order chi connectivity index (χ1) is 9.65. The van der Waals surface area contributed by atoms with Crippen molar-refractivity contribution in [3.05, 3.63) is 59.0 Å². The summed E-state index contributed by atoms with van der Waals surface area (Å²) in [5.41, 5.74) is 9.13. The summed E-state index contributed by atoms with van der Waals surface area (Å²) in [6.07, 6.45) is 1.73. The molecule has 3 rings (SSSR count). The lowest BCUT2D eigenvalue weighted by atomic mass is 10.1. The zero-order valence-corrected chi connectivity index (χ0v) is 12.0. The molecule has 3 aromatic rings. The molecule has 0 bridgehead atoms. The smallest absolute Gasteiger partial charge is 0.124 e. The molecule has 0 saturated carbocycles. The number of aromatic nitrogens is 1. The Labute approximate surface area is 123 Å². The van der Waals surface area contributed by atoms with E-state index in [-0.39, 0.29) is 5.82 Å². The molecule has 3 nitrogen and oxygen atoms in total. The number of hydrogen-bond donors (Lipinski definition) is 2. The summed E-state index contributed by atoms with van der Waals surface area (Å²) in [5, 5.41) is 4.08. The van der Waals surface area contributed by atoms with Gasteiger partial charge in [-0.2, -0.15) is 0 Å². The number of benzene rings is 2. The van der Waals surface area contributed by atoms with E-state index in [4.69, 9.17) is 5.73 Å².